The Morgan fingerprint density at radius 2 is 1.88 bits per heavy atom. The number of ether oxygens (including phenoxy) is 2. The van der Waals surface area contributed by atoms with E-state index in [0.717, 1.165) is 10.5 Å². The lowest BCUT2D eigenvalue weighted by molar-refractivity contribution is -0.119. The first-order valence-electron chi connectivity index (χ1n) is 6.71. The number of rotatable bonds is 6. The highest BCUT2D eigenvalue weighted by molar-refractivity contribution is 9.10. The van der Waals surface area contributed by atoms with Crippen LogP contribution in [0.2, 0.25) is 0 Å². The molecule has 0 spiro atoms. The van der Waals surface area contributed by atoms with Gasteiger partial charge in [0.1, 0.15) is 5.75 Å². The van der Waals surface area contributed by atoms with Crippen LogP contribution in [0.3, 0.4) is 0 Å². The number of hydrogen-bond acceptors (Lipinski definition) is 4. The number of benzene rings is 2. The van der Waals surface area contributed by atoms with Crippen molar-refractivity contribution < 1.29 is 27.8 Å². The maximum Gasteiger partial charge on any atom is 0.387 e. The summed E-state index contributed by atoms with van der Waals surface area (Å²) in [4.78, 5) is 23.6. The van der Waals surface area contributed by atoms with Gasteiger partial charge in [0.2, 0.25) is 0 Å². The second-order valence-electron chi connectivity index (χ2n) is 4.54. The van der Waals surface area contributed by atoms with E-state index in [4.69, 9.17) is 4.74 Å². The maximum atomic E-state index is 12.1. The van der Waals surface area contributed by atoms with E-state index in [9.17, 15) is 18.4 Å². The van der Waals surface area contributed by atoms with Gasteiger partial charge >= 0.3 is 12.6 Å². The van der Waals surface area contributed by atoms with Crippen molar-refractivity contribution in [1.29, 1.82) is 0 Å². The van der Waals surface area contributed by atoms with Crippen molar-refractivity contribution in [3.8, 4) is 5.75 Å². The van der Waals surface area contributed by atoms with Crippen LogP contribution >= 0.6 is 15.9 Å². The number of hydrogen-bond donors (Lipinski definition) is 1. The van der Waals surface area contributed by atoms with Gasteiger partial charge in [0.25, 0.3) is 5.91 Å². The molecule has 0 unspecified atom stereocenters. The third kappa shape index (κ3) is 5.62. The number of carbonyl (C=O) groups excluding carboxylic acids is 2. The molecular formula is C16H12BrF2NO4. The molecule has 1 amide bonds. The molecule has 0 aliphatic heterocycles. The molecule has 24 heavy (non-hydrogen) atoms. The lowest BCUT2D eigenvalue weighted by Crippen LogP contribution is -2.21. The highest BCUT2D eigenvalue weighted by atomic mass is 79.9. The predicted octanol–water partition coefficient (Wildman–Crippen LogP) is 3.85. The van der Waals surface area contributed by atoms with Crippen molar-refractivity contribution in [3.63, 3.8) is 0 Å². The van der Waals surface area contributed by atoms with E-state index in [-0.39, 0.29) is 11.3 Å². The Hall–Kier alpha value is -2.48. The van der Waals surface area contributed by atoms with Gasteiger partial charge in [0, 0.05) is 10.2 Å². The Balaban J connectivity index is 1.89. The summed E-state index contributed by atoms with van der Waals surface area (Å²) in [6, 6.07) is 12.0. The van der Waals surface area contributed by atoms with E-state index in [0.29, 0.717) is 5.69 Å². The van der Waals surface area contributed by atoms with E-state index in [2.05, 4.69) is 26.0 Å². The quantitative estimate of drug-likeness (QED) is 0.749. The molecular weight excluding hydrogens is 388 g/mol. The Kier molecular flexibility index (Phi) is 6.25. The number of anilines is 1. The van der Waals surface area contributed by atoms with Gasteiger partial charge in [0.05, 0.1) is 5.56 Å². The third-order valence-electron chi connectivity index (χ3n) is 2.74. The maximum absolute atomic E-state index is 12.1. The zero-order valence-electron chi connectivity index (χ0n) is 12.2. The second-order valence-corrected chi connectivity index (χ2v) is 5.46. The summed E-state index contributed by atoms with van der Waals surface area (Å²) >= 11 is 3.27. The molecule has 0 saturated carbocycles. The molecule has 0 saturated heterocycles. The van der Waals surface area contributed by atoms with Crippen LogP contribution in [-0.2, 0) is 9.53 Å². The largest absolute Gasteiger partial charge is 0.452 e. The first kappa shape index (κ1) is 17.9. The van der Waals surface area contributed by atoms with Crippen molar-refractivity contribution in [2.24, 2.45) is 0 Å². The fourth-order valence-electron chi connectivity index (χ4n) is 1.78. The van der Waals surface area contributed by atoms with Crippen molar-refractivity contribution >= 4 is 33.5 Å². The van der Waals surface area contributed by atoms with Gasteiger partial charge in [-0.15, -0.1) is 0 Å². The first-order chi connectivity index (χ1) is 11.4. The summed E-state index contributed by atoms with van der Waals surface area (Å²) in [6.07, 6.45) is 0. The lowest BCUT2D eigenvalue weighted by atomic mass is 10.2. The van der Waals surface area contributed by atoms with Crippen LogP contribution in [0, 0.1) is 0 Å². The van der Waals surface area contributed by atoms with Crippen LogP contribution in [0.5, 0.6) is 5.75 Å². The molecule has 0 atom stereocenters. The molecule has 0 fully saturated rings. The van der Waals surface area contributed by atoms with E-state index < -0.39 is 25.1 Å². The summed E-state index contributed by atoms with van der Waals surface area (Å²) in [5.41, 5.74) is 0.543. The Morgan fingerprint density at radius 1 is 1.12 bits per heavy atom. The van der Waals surface area contributed by atoms with Crippen molar-refractivity contribution in [1.82, 2.24) is 0 Å². The van der Waals surface area contributed by atoms with Gasteiger partial charge in [-0.25, -0.2) is 4.79 Å². The number of amides is 1. The SMILES string of the molecule is O=C(COC(=O)c1cccc(OC(F)F)c1)Nc1cccc(Br)c1. The first-order valence-corrected chi connectivity index (χ1v) is 7.51. The Bertz CT molecular complexity index is 740. The number of alkyl halides is 2. The lowest BCUT2D eigenvalue weighted by Gasteiger charge is -2.08. The van der Waals surface area contributed by atoms with Crippen LogP contribution in [0.4, 0.5) is 14.5 Å². The van der Waals surface area contributed by atoms with E-state index in [1.165, 1.54) is 18.2 Å². The van der Waals surface area contributed by atoms with Crippen LogP contribution in [-0.4, -0.2) is 25.1 Å². The summed E-state index contributed by atoms with van der Waals surface area (Å²) in [6.45, 7) is -3.50. The number of esters is 1. The molecule has 126 valence electrons. The summed E-state index contributed by atoms with van der Waals surface area (Å²) in [5.74, 6) is -1.52. The molecule has 0 aromatic heterocycles. The molecule has 0 aliphatic carbocycles. The van der Waals surface area contributed by atoms with E-state index in [1.54, 1.807) is 24.3 Å². The van der Waals surface area contributed by atoms with Crippen molar-refractivity contribution in [2.45, 2.75) is 6.61 Å². The zero-order valence-corrected chi connectivity index (χ0v) is 13.8. The highest BCUT2D eigenvalue weighted by Gasteiger charge is 2.12. The van der Waals surface area contributed by atoms with Crippen LogP contribution < -0.4 is 10.1 Å². The smallest absolute Gasteiger partial charge is 0.387 e. The molecule has 1 N–H and O–H groups in total. The highest BCUT2D eigenvalue weighted by Crippen LogP contribution is 2.17. The van der Waals surface area contributed by atoms with Gasteiger partial charge in [-0.2, -0.15) is 8.78 Å². The predicted molar refractivity (Wildman–Crippen MR) is 86.1 cm³/mol. The molecule has 0 bridgehead atoms. The average molecular weight is 400 g/mol. The summed E-state index contributed by atoms with van der Waals surface area (Å²) < 4.78 is 34.1. The molecule has 0 aliphatic rings. The minimum atomic E-state index is -2.99. The zero-order chi connectivity index (χ0) is 17.5. The molecule has 8 heteroatoms. The van der Waals surface area contributed by atoms with E-state index >= 15 is 0 Å². The van der Waals surface area contributed by atoms with Gasteiger partial charge in [-0.05, 0) is 36.4 Å². The van der Waals surface area contributed by atoms with Crippen LogP contribution in [0.25, 0.3) is 0 Å². The third-order valence-corrected chi connectivity index (χ3v) is 3.23. The van der Waals surface area contributed by atoms with Crippen molar-refractivity contribution in [3.05, 3.63) is 58.6 Å². The number of nitrogens with one attached hydrogen (secondary N) is 1. The van der Waals surface area contributed by atoms with Gasteiger partial charge in [-0.3, -0.25) is 4.79 Å². The standard InChI is InChI=1S/C16H12BrF2NO4/c17-11-4-2-5-12(8-11)20-14(21)9-23-15(22)10-3-1-6-13(7-10)24-16(18)19/h1-8,16H,9H2,(H,20,21). The van der Waals surface area contributed by atoms with Gasteiger partial charge in [-0.1, -0.05) is 28.1 Å². The molecule has 0 heterocycles. The summed E-state index contributed by atoms with van der Waals surface area (Å²) in [7, 11) is 0. The van der Waals surface area contributed by atoms with Crippen LogP contribution in [0.15, 0.2) is 53.0 Å². The Labute approximate surface area is 144 Å². The molecule has 5 nitrogen and oxygen atoms in total. The fraction of sp³-hybridized carbons (Fsp3) is 0.125. The van der Waals surface area contributed by atoms with Gasteiger partial charge in [0.15, 0.2) is 6.61 Å². The number of carbonyl (C=O) groups is 2. The topological polar surface area (TPSA) is 64.6 Å². The fourth-order valence-corrected chi connectivity index (χ4v) is 2.18. The summed E-state index contributed by atoms with van der Waals surface area (Å²) in [5, 5.41) is 2.56. The van der Waals surface area contributed by atoms with Crippen LogP contribution in [0.1, 0.15) is 10.4 Å². The normalized spacial score (nSPS) is 10.3. The number of halogens is 3. The van der Waals surface area contributed by atoms with E-state index in [1.807, 2.05) is 0 Å². The molecule has 2 aromatic carbocycles. The second kappa shape index (κ2) is 8.39. The average Bonchev–Trinajstić information content (AvgIpc) is 2.52. The molecule has 0 radical (unpaired) electrons. The molecule has 2 rings (SSSR count). The minimum Gasteiger partial charge on any atom is -0.452 e. The Morgan fingerprint density at radius 3 is 2.58 bits per heavy atom. The molecule has 2 aromatic rings. The monoisotopic (exact) mass is 399 g/mol. The van der Waals surface area contributed by atoms with Crippen molar-refractivity contribution in [2.75, 3.05) is 11.9 Å². The van der Waals surface area contributed by atoms with Gasteiger partial charge < -0.3 is 14.8 Å². The minimum absolute atomic E-state index is 0.00315.